The van der Waals surface area contributed by atoms with Crippen LogP contribution < -0.4 is 10.2 Å². The van der Waals surface area contributed by atoms with E-state index in [4.69, 9.17) is 12.2 Å². The van der Waals surface area contributed by atoms with Crippen molar-refractivity contribution in [3.8, 4) is 0 Å². The molecule has 1 atom stereocenters. The first-order chi connectivity index (χ1) is 8.72. The predicted octanol–water partition coefficient (Wildman–Crippen LogP) is 2.09. The molecule has 1 fully saturated rings. The van der Waals surface area contributed by atoms with Crippen molar-refractivity contribution < 1.29 is 0 Å². The van der Waals surface area contributed by atoms with E-state index in [0.717, 1.165) is 31.2 Å². The summed E-state index contributed by atoms with van der Waals surface area (Å²) in [6.45, 7) is 5.04. The molecule has 18 heavy (non-hydrogen) atoms. The summed E-state index contributed by atoms with van der Waals surface area (Å²) in [4.78, 5) is 4.62. The lowest BCUT2D eigenvalue weighted by Gasteiger charge is -2.27. The lowest BCUT2D eigenvalue weighted by atomic mass is 10.2. The molecule has 1 aromatic carbocycles. The van der Waals surface area contributed by atoms with Gasteiger partial charge in [-0.3, -0.25) is 0 Å². The number of hydrogen-bond acceptors (Lipinski definition) is 2. The van der Waals surface area contributed by atoms with Crippen LogP contribution in [0.3, 0.4) is 0 Å². The number of nitrogens with one attached hydrogen (secondary N) is 1. The number of benzene rings is 1. The van der Waals surface area contributed by atoms with Crippen LogP contribution in [0.2, 0.25) is 0 Å². The second-order valence-corrected chi connectivity index (χ2v) is 5.06. The quantitative estimate of drug-likeness (QED) is 0.841. The molecule has 98 valence electrons. The third-order valence-electron chi connectivity index (χ3n) is 3.49. The number of likely N-dealkylation sites (N-methyl/N-ethyl adjacent to an activating group) is 1. The Kier molecular flexibility index (Phi) is 4.42. The van der Waals surface area contributed by atoms with Crippen LogP contribution in [0.1, 0.15) is 13.3 Å². The topological polar surface area (TPSA) is 18.5 Å². The number of para-hydroxylation sites is 1. The third kappa shape index (κ3) is 2.93. The minimum Gasteiger partial charge on any atom is -0.370 e. The van der Waals surface area contributed by atoms with Gasteiger partial charge in [-0.1, -0.05) is 18.2 Å². The summed E-state index contributed by atoms with van der Waals surface area (Å²) in [6, 6.07) is 11.1. The van der Waals surface area contributed by atoms with E-state index >= 15 is 0 Å². The van der Waals surface area contributed by atoms with E-state index in [1.165, 1.54) is 5.69 Å². The molecule has 1 aromatic rings. The summed E-state index contributed by atoms with van der Waals surface area (Å²) < 4.78 is 0. The fraction of sp³-hybridized carbons (Fsp3) is 0.500. The lowest BCUT2D eigenvalue weighted by Crippen LogP contribution is -2.41. The normalized spacial score (nSPS) is 18.8. The first-order valence-electron chi connectivity index (χ1n) is 6.53. The van der Waals surface area contributed by atoms with Gasteiger partial charge in [0.25, 0.3) is 0 Å². The van der Waals surface area contributed by atoms with Gasteiger partial charge in [-0.25, -0.2) is 0 Å². The van der Waals surface area contributed by atoms with E-state index in [2.05, 4.69) is 59.4 Å². The molecule has 1 aliphatic rings. The van der Waals surface area contributed by atoms with Gasteiger partial charge in [-0.2, -0.15) is 0 Å². The molecule has 1 aliphatic heterocycles. The zero-order valence-electron chi connectivity index (χ0n) is 11.1. The summed E-state index contributed by atoms with van der Waals surface area (Å²) in [5, 5.41) is 4.12. The van der Waals surface area contributed by atoms with Crippen LogP contribution in [-0.4, -0.2) is 42.7 Å². The van der Waals surface area contributed by atoms with E-state index in [1.54, 1.807) is 0 Å². The molecular formula is C14H21N3S. The van der Waals surface area contributed by atoms with Gasteiger partial charge in [0.05, 0.1) is 0 Å². The molecule has 1 saturated heterocycles. The molecule has 1 heterocycles. The summed E-state index contributed by atoms with van der Waals surface area (Å²) in [5.74, 6) is 0. The SMILES string of the molecule is CCNC(=S)N1CC[C@@H](N(C)c2ccccc2)C1. The maximum atomic E-state index is 5.37. The maximum Gasteiger partial charge on any atom is 0.168 e. The average Bonchev–Trinajstić information content (AvgIpc) is 2.89. The highest BCUT2D eigenvalue weighted by Crippen LogP contribution is 2.21. The summed E-state index contributed by atoms with van der Waals surface area (Å²) in [5.41, 5.74) is 1.28. The highest BCUT2D eigenvalue weighted by atomic mass is 32.1. The number of likely N-dealkylation sites (tertiary alicyclic amines) is 1. The van der Waals surface area contributed by atoms with Gasteiger partial charge in [0.1, 0.15) is 0 Å². The van der Waals surface area contributed by atoms with Crippen molar-refractivity contribution in [2.75, 3.05) is 31.6 Å². The van der Waals surface area contributed by atoms with Crippen molar-refractivity contribution >= 4 is 23.0 Å². The molecule has 0 saturated carbocycles. The Bertz CT molecular complexity index is 393. The van der Waals surface area contributed by atoms with Crippen LogP contribution in [-0.2, 0) is 0 Å². The third-order valence-corrected chi connectivity index (χ3v) is 3.89. The Balaban J connectivity index is 1.94. The molecule has 0 bridgehead atoms. The first kappa shape index (κ1) is 13.1. The van der Waals surface area contributed by atoms with Gasteiger partial charge >= 0.3 is 0 Å². The van der Waals surface area contributed by atoms with Gasteiger partial charge in [0.2, 0.25) is 0 Å². The highest BCUT2D eigenvalue weighted by Gasteiger charge is 2.27. The zero-order valence-corrected chi connectivity index (χ0v) is 11.9. The predicted molar refractivity (Wildman–Crippen MR) is 81.1 cm³/mol. The molecule has 0 unspecified atom stereocenters. The Morgan fingerprint density at radius 2 is 2.17 bits per heavy atom. The van der Waals surface area contributed by atoms with Crippen LogP contribution >= 0.6 is 12.2 Å². The van der Waals surface area contributed by atoms with Crippen molar-refractivity contribution in [2.24, 2.45) is 0 Å². The molecule has 0 radical (unpaired) electrons. The monoisotopic (exact) mass is 263 g/mol. The van der Waals surface area contributed by atoms with E-state index in [-0.39, 0.29) is 0 Å². The molecule has 0 spiro atoms. The summed E-state index contributed by atoms with van der Waals surface area (Å²) in [6.07, 6.45) is 1.16. The van der Waals surface area contributed by atoms with Gasteiger partial charge < -0.3 is 15.1 Å². The molecule has 1 N–H and O–H groups in total. The molecule has 2 rings (SSSR count). The second-order valence-electron chi connectivity index (χ2n) is 4.67. The average molecular weight is 263 g/mol. The second kappa shape index (κ2) is 6.05. The fourth-order valence-corrected chi connectivity index (χ4v) is 2.69. The van der Waals surface area contributed by atoms with E-state index < -0.39 is 0 Å². The molecule has 0 aromatic heterocycles. The number of hydrogen-bond donors (Lipinski definition) is 1. The van der Waals surface area contributed by atoms with Crippen LogP contribution in [0.15, 0.2) is 30.3 Å². The first-order valence-corrected chi connectivity index (χ1v) is 6.94. The number of rotatable bonds is 3. The smallest absolute Gasteiger partial charge is 0.168 e. The zero-order chi connectivity index (χ0) is 13.0. The molecule has 3 nitrogen and oxygen atoms in total. The van der Waals surface area contributed by atoms with Crippen molar-refractivity contribution in [1.29, 1.82) is 0 Å². The fourth-order valence-electron chi connectivity index (χ4n) is 2.38. The van der Waals surface area contributed by atoms with Crippen molar-refractivity contribution in [3.63, 3.8) is 0 Å². The van der Waals surface area contributed by atoms with Crippen LogP contribution in [0, 0.1) is 0 Å². The van der Waals surface area contributed by atoms with Crippen molar-refractivity contribution in [2.45, 2.75) is 19.4 Å². The Morgan fingerprint density at radius 1 is 1.44 bits per heavy atom. The molecule has 4 heteroatoms. The van der Waals surface area contributed by atoms with Gasteiger partial charge in [-0.15, -0.1) is 0 Å². The Hall–Kier alpha value is -1.29. The van der Waals surface area contributed by atoms with E-state index in [1.807, 2.05) is 0 Å². The molecule has 0 amide bonds. The molecule has 0 aliphatic carbocycles. The minimum atomic E-state index is 0.545. The summed E-state index contributed by atoms with van der Waals surface area (Å²) >= 11 is 5.37. The Morgan fingerprint density at radius 3 is 2.83 bits per heavy atom. The summed E-state index contributed by atoms with van der Waals surface area (Å²) in [7, 11) is 2.17. The lowest BCUT2D eigenvalue weighted by molar-refractivity contribution is 0.496. The van der Waals surface area contributed by atoms with Crippen molar-refractivity contribution in [1.82, 2.24) is 10.2 Å². The van der Waals surface area contributed by atoms with Crippen LogP contribution in [0.5, 0.6) is 0 Å². The highest BCUT2D eigenvalue weighted by molar-refractivity contribution is 7.80. The van der Waals surface area contributed by atoms with E-state index in [0.29, 0.717) is 6.04 Å². The number of nitrogens with zero attached hydrogens (tertiary/aromatic N) is 2. The van der Waals surface area contributed by atoms with Gasteiger partial charge in [0.15, 0.2) is 5.11 Å². The standard InChI is InChI=1S/C14H21N3S/c1-3-15-14(18)17-10-9-13(11-17)16(2)12-7-5-4-6-8-12/h4-8,13H,3,9-11H2,1-2H3,(H,15,18)/t13-/m1/s1. The largest absolute Gasteiger partial charge is 0.370 e. The number of thiocarbonyl (C=S) groups is 1. The maximum absolute atomic E-state index is 5.37. The van der Waals surface area contributed by atoms with Crippen LogP contribution in [0.4, 0.5) is 5.69 Å². The van der Waals surface area contributed by atoms with Crippen LogP contribution in [0.25, 0.3) is 0 Å². The minimum absolute atomic E-state index is 0.545. The van der Waals surface area contributed by atoms with Gasteiger partial charge in [0, 0.05) is 38.4 Å². The van der Waals surface area contributed by atoms with Gasteiger partial charge in [-0.05, 0) is 37.7 Å². The molecular weight excluding hydrogens is 242 g/mol. The van der Waals surface area contributed by atoms with Crippen molar-refractivity contribution in [3.05, 3.63) is 30.3 Å². The van der Waals surface area contributed by atoms with E-state index in [9.17, 15) is 0 Å². The Labute approximate surface area is 115 Å². The number of anilines is 1.